The summed E-state index contributed by atoms with van der Waals surface area (Å²) in [4.78, 5) is 27.4. The number of rotatable bonds is 8. The molecule has 1 aromatic rings. The van der Waals surface area contributed by atoms with E-state index in [1.165, 1.54) is 6.07 Å². The average Bonchev–Trinajstić information content (AvgIpc) is 2.72. The normalized spacial score (nSPS) is 17.4. The van der Waals surface area contributed by atoms with Crippen molar-refractivity contribution in [3.63, 3.8) is 0 Å². The zero-order chi connectivity index (χ0) is 22.8. The number of carbonyl (C=O) groups excluding carboxylic acids is 2. The molecule has 0 aliphatic carbocycles. The van der Waals surface area contributed by atoms with Crippen LogP contribution in [0, 0.1) is 5.92 Å². The monoisotopic (exact) mass is 470 g/mol. The molecule has 9 heteroatoms. The summed E-state index contributed by atoms with van der Waals surface area (Å²) in [5.74, 6) is -0.152. The largest absolute Gasteiger partial charge is 0.460 e. The molecule has 0 bridgehead atoms. The van der Waals surface area contributed by atoms with Crippen LogP contribution in [-0.2, 0) is 14.1 Å². The smallest absolute Gasteiger partial charge is 0.411 e. The summed E-state index contributed by atoms with van der Waals surface area (Å²) in [6.45, 7) is 7.33. The number of hydrogen-bond donors (Lipinski definition) is 1. The van der Waals surface area contributed by atoms with Gasteiger partial charge in [0, 0.05) is 30.5 Å². The van der Waals surface area contributed by atoms with Crippen LogP contribution in [0.4, 0.5) is 0 Å². The fourth-order valence-electron chi connectivity index (χ4n) is 3.71. The first-order valence-corrected chi connectivity index (χ1v) is 11.7. The number of Topliss-reactive ketones (excluding diaryl/α,β-unsaturated/α-hetero) is 1. The molecule has 1 aliphatic heterocycles. The van der Waals surface area contributed by atoms with E-state index in [2.05, 4.69) is 31.1 Å². The fraction of sp³-hybridized carbons (Fsp3) is 0.636. The van der Waals surface area contributed by atoms with Gasteiger partial charge < -0.3 is 19.5 Å². The van der Waals surface area contributed by atoms with Crippen LogP contribution in [0.3, 0.4) is 0 Å². The third-order valence-electron chi connectivity index (χ3n) is 5.20. The first-order valence-electron chi connectivity index (χ1n) is 10.9. The van der Waals surface area contributed by atoms with Crippen molar-refractivity contribution in [2.45, 2.75) is 45.3 Å². The number of carbonyl (C=O) groups is 2. The second kappa shape index (κ2) is 13.4. The summed E-state index contributed by atoms with van der Waals surface area (Å²) < 4.78 is 12.1. The Hall–Kier alpha value is -1.12. The highest BCUT2D eigenvalue weighted by atomic mass is 35.5. The predicted molar refractivity (Wildman–Crippen MR) is 126 cm³/mol. The number of amides is 1. The number of hydrogen-bond acceptors (Lipinski definition) is 5. The lowest BCUT2D eigenvalue weighted by molar-refractivity contribution is -0.118. The van der Waals surface area contributed by atoms with E-state index in [9.17, 15) is 9.59 Å². The van der Waals surface area contributed by atoms with Gasteiger partial charge in [-0.3, -0.25) is 9.59 Å². The maximum absolute atomic E-state index is 12.7. The first kappa shape index (κ1) is 26.1. The Morgan fingerprint density at radius 3 is 2.42 bits per heavy atom. The van der Waals surface area contributed by atoms with Gasteiger partial charge in [-0.1, -0.05) is 37.0 Å². The van der Waals surface area contributed by atoms with Gasteiger partial charge in [0.1, 0.15) is 0 Å². The van der Waals surface area contributed by atoms with Crippen LogP contribution in [0.15, 0.2) is 18.2 Å². The van der Waals surface area contributed by atoms with Gasteiger partial charge in [0.2, 0.25) is 0 Å². The summed E-state index contributed by atoms with van der Waals surface area (Å²) in [5.41, 5.74) is 0.254. The Balaban J connectivity index is 1.94. The zero-order valence-corrected chi connectivity index (χ0v) is 20.2. The lowest BCUT2D eigenvalue weighted by Gasteiger charge is -2.27. The maximum Gasteiger partial charge on any atom is 0.460 e. The van der Waals surface area contributed by atoms with Crippen molar-refractivity contribution in [3.8, 4) is 0 Å². The van der Waals surface area contributed by atoms with Crippen molar-refractivity contribution >= 4 is 42.0 Å². The lowest BCUT2D eigenvalue weighted by Crippen LogP contribution is -2.37. The Bertz CT molecular complexity index is 723. The topological polar surface area (TPSA) is 67.9 Å². The maximum atomic E-state index is 12.7. The van der Waals surface area contributed by atoms with Gasteiger partial charge in [-0.25, -0.2) is 0 Å². The number of ketones is 1. The molecular formula is C22H33BCl2N2O4. The first-order chi connectivity index (χ1) is 14.8. The Morgan fingerprint density at radius 1 is 1.16 bits per heavy atom. The second-order valence-corrected chi connectivity index (χ2v) is 9.40. The molecule has 0 radical (unpaired) electrons. The molecule has 2 rings (SSSR count). The minimum absolute atomic E-state index is 0.0590. The molecular weight excluding hydrogens is 438 g/mol. The molecule has 31 heavy (non-hydrogen) atoms. The molecule has 1 fully saturated rings. The molecule has 0 saturated carbocycles. The van der Waals surface area contributed by atoms with Crippen molar-refractivity contribution in [3.05, 3.63) is 33.8 Å². The molecule has 1 amide bonds. The Labute approximate surface area is 196 Å². The molecule has 1 atom stereocenters. The predicted octanol–water partition coefficient (Wildman–Crippen LogP) is 4.35. The van der Waals surface area contributed by atoms with E-state index in [-0.39, 0.29) is 30.1 Å². The summed E-state index contributed by atoms with van der Waals surface area (Å²) in [6, 6.07) is 4.66. The van der Waals surface area contributed by atoms with Gasteiger partial charge in [-0.05, 0) is 63.5 Å². The van der Waals surface area contributed by atoms with Crippen molar-refractivity contribution in [1.82, 2.24) is 10.2 Å². The average molecular weight is 471 g/mol. The highest BCUT2D eigenvalue weighted by Crippen LogP contribution is 2.27. The van der Waals surface area contributed by atoms with Gasteiger partial charge in [-0.15, -0.1) is 0 Å². The van der Waals surface area contributed by atoms with Crippen molar-refractivity contribution < 1.29 is 18.9 Å². The molecule has 1 N–H and O–H groups in total. The summed E-state index contributed by atoms with van der Waals surface area (Å²) in [6.07, 6.45) is 2.95. The van der Waals surface area contributed by atoms with Crippen molar-refractivity contribution in [2.75, 3.05) is 39.9 Å². The van der Waals surface area contributed by atoms with E-state index in [1.807, 2.05) is 0 Å². The quantitative estimate of drug-likeness (QED) is 0.572. The van der Waals surface area contributed by atoms with E-state index in [1.54, 1.807) is 12.1 Å². The minimum Gasteiger partial charge on any atom is -0.411 e. The third kappa shape index (κ3) is 9.50. The van der Waals surface area contributed by atoms with E-state index in [4.69, 9.17) is 32.5 Å². The Kier molecular flexibility index (Phi) is 11.3. The van der Waals surface area contributed by atoms with E-state index < -0.39 is 13.0 Å². The van der Waals surface area contributed by atoms with Crippen molar-refractivity contribution in [1.29, 1.82) is 0 Å². The van der Waals surface area contributed by atoms with Crippen LogP contribution in [0.5, 0.6) is 0 Å². The summed E-state index contributed by atoms with van der Waals surface area (Å²) >= 11 is 12.0. The molecule has 172 valence electrons. The standard InChI is InChI=1S/C22H33BCl2N2O4/c1-16(2)12-17(23-30-10-4-8-27(3)9-5-11-31-23)13-19(28)15-26-22(29)20-14-18(24)6-7-21(20)25/h6-7,14,16-17H,4-5,8-13,15H2,1-3H3,(H,26,29)/t17-/m1/s1. The van der Waals surface area contributed by atoms with Crippen LogP contribution >= 0.6 is 23.2 Å². The van der Waals surface area contributed by atoms with E-state index in [0.717, 1.165) is 32.4 Å². The zero-order valence-electron chi connectivity index (χ0n) is 18.7. The molecule has 1 saturated heterocycles. The summed E-state index contributed by atoms with van der Waals surface area (Å²) in [5, 5.41) is 3.36. The van der Waals surface area contributed by atoms with Gasteiger partial charge >= 0.3 is 7.12 Å². The number of benzene rings is 1. The van der Waals surface area contributed by atoms with Crippen LogP contribution in [-0.4, -0.2) is 63.6 Å². The second-order valence-electron chi connectivity index (χ2n) is 8.56. The van der Waals surface area contributed by atoms with Gasteiger partial charge in [0.15, 0.2) is 5.78 Å². The van der Waals surface area contributed by atoms with Gasteiger partial charge in [0.05, 0.1) is 17.1 Å². The number of nitrogens with one attached hydrogen (secondary N) is 1. The molecule has 1 aromatic carbocycles. The van der Waals surface area contributed by atoms with Gasteiger partial charge in [0.25, 0.3) is 5.91 Å². The molecule has 1 aliphatic rings. The van der Waals surface area contributed by atoms with Crippen molar-refractivity contribution in [2.24, 2.45) is 5.92 Å². The Morgan fingerprint density at radius 2 is 1.81 bits per heavy atom. The van der Waals surface area contributed by atoms with Crippen LogP contribution in [0.1, 0.15) is 49.9 Å². The highest BCUT2D eigenvalue weighted by Gasteiger charge is 2.33. The number of nitrogens with zero attached hydrogens (tertiary/aromatic N) is 1. The molecule has 0 spiro atoms. The van der Waals surface area contributed by atoms with E-state index >= 15 is 0 Å². The van der Waals surface area contributed by atoms with E-state index in [0.29, 0.717) is 29.2 Å². The molecule has 1 heterocycles. The number of halogens is 2. The molecule has 6 nitrogen and oxygen atoms in total. The summed E-state index contributed by atoms with van der Waals surface area (Å²) in [7, 11) is 1.69. The van der Waals surface area contributed by atoms with Crippen LogP contribution < -0.4 is 5.32 Å². The molecule has 0 aromatic heterocycles. The van der Waals surface area contributed by atoms with Crippen LogP contribution in [0.25, 0.3) is 0 Å². The third-order valence-corrected chi connectivity index (χ3v) is 5.77. The van der Waals surface area contributed by atoms with Gasteiger partial charge in [-0.2, -0.15) is 0 Å². The SMILES string of the molecule is CC(C)C[C@H](CC(=O)CNC(=O)c1cc(Cl)ccc1Cl)B1OCCCN(C)CCCO1. The van der Waals surface area contributed by atoms with Crippen LogP contribution in [0.2, 0.25) is 15.9 Å². The highest BCUT2D eigenvalue weighted by molar-refractivity contribution is 6.47. The lowest BCUT2D eigenvalue weighted by atomic mass is 9.65. The minimum atomic E-state index is -0.420. The molecule has 0 unspecified atom stereocenters. The fourth-order valence-corrected chi connectivity index (χ4v) is 4.08.